The molecule has 0 aliphatic carbocycles. The molecule has 0 heterocycles. The van der Waals surface area contributed by atoms with E-state index in [1.54, 1.807) is 31.2 Å². The van der Waals surface area contributed by atoms with E-state index in [9.17, 15) is 9.59 Å². The van der Waals surface area contributed by atoms with Gasteiger partial charge in [-0.2, -0.15) is 0 Å². The number of hydrogen-bond donors (Lipinski definition) is 1. The number of halogens is 2. The van der Waals surface area contributed by atoms with Gasteiger partial charge in [-0.25, -0.2) is 0 Å². The van der Waals surface area contributed by atoms with Crippen molar-refractivity contribution in [1.29, 1.82) is 0 Å². The Morgan fingerprint density at radius 2 is 1.97 bits per heavy atom. The highest BCUT2D eigenvalue weighted by Crippen LogP contribution is 2.23. The first-order valence-electron chi connectivity index (χ1n) is 9.61. The molecule has 2 aromatic rings. The highest BCUT2D eigenvalue weighted by atomic mass is 79.9. The van der Waals surface area contributed by atoms with Gasteiger partial charge in [0.1, 0.15) is 11.8 Å². The van der Waals surface area contributed by atoms with Crippen LogP contribution in [0.5, 0.6) is 5.75 Å². The minimum absolute atomic E-state index is 0.181. The van der Waals surface area contributed by atoms with E-state index in [1.807, 2.05) is 24.3 Å². The molecule has 7 heteroatoms. The van der Waals surface area contributed by atoms with E-state index in [1.165, 1.54) is 4.90 Å². The van der Waals surface area contributed by atoms with E-state index >= 15 is 0 Å². The summed E-state index contributed by atoms with van der Waals surface area (Å²) in [5, 5.41) is 3.33. The van der Waals surface area contributed by atoms with Gasteiger partial charge in [0.2, 0.25) is 5.91 Å². The van der Waals surface area contributed by atoms with Crippen molar-refractivity contribution < 1.29 is 14.3 Å². The van der Waals surface area contributed by atoms with Crippen LogP contribution in [0.4, 0.5) is 0 Å². The number of amides is 2. The predicted octanol–water partition coefficient (Wildman–Crippen LogP) is 4.81. The molecule has 1 unspecified atom stereocenters. The molecule has 0 fully saturated rings. The average molecular weight is 482 g/mol. The molecule has 0 aliphatic rings. The molecule has 2 rings (SSSR count). The number of nitrogens with one attached hydrogen (secondary N) is 1. The summed E-state index contributed by atoms with van der Waals surface area (Å²) in [5.41, 5.74) is 0.915. The summed E-state index contributed by atoms with van der Waals surface area (Å²) in [6, 6.07) is 14.0. The first-order valence-corrected chi connectivity index (χ1v) is 10.8. The van der Waals surface area contributed by atoms with Gasteiger partial charge < -0.3 is 15.0 Å². The molecule has 2 aromatic carbocycles. The van der Waals surface area contributed by atoms with Crippen molar-refractivity contribution in [3.8, 4) is 5.75 Å². The number of benzene rings is 2. The lowest BCUT2D eigenvalue weighted by atomic mass is 10.1. The van der Waals surface area contributed by atoms with Crippen molar-refractivity contribution in [1.82, 2.24) is 10.2 Å². The fourth-order valence-electron chi connectivity index (χ4n) is 2.73. The van der Waals surface area contributed by atoms with Gasteiger partial charge in [-0.15, -0.1) is 0 Å². The van der Waals surface area contributed by atoms with E-state index in [0.29, 0.717) is 23.9 Å². The Balaban J connectivity index is 2.12. The molecule has 1 N–H and O–H groups in total. The number of nitrogens with zero attached hydrogens (tertiary/aromatic N) is 1. The first-order chi connectivity index (χ1) is 13.9. The highest BCUT2D eigenvalue weighted by Gasteiger charge is 2.26. The molecule has 1 atom stereocenters. The quantitative estimate of drug-likeness (QED) is 0.495. The molecular weight excluding hydrogens is 456 g/mol. The van der Waals surface area contributed by atoms with Crippen molar-refractivity contribution in [2.45, 2.75) is 39.3 Å². The number of unbranched alkanes of at least 4 members (excludes halogenated alkanes) is 1. The molecular formula is C22H26BrClN2O3. The van der Waals surface area contributed by atoms with Crippen molar-refractivity contribution in [3.05, 3.63) is 63.6 Å². The van der Waals surface area contributed by atoms with Gasteiger partial charge in [-0.05, 0) is 43.2 Å². The Bertz CT molecular complexity index is 831. The molecule has 0 aliphatic heterocycles. The Morgan fingerprint density at radius 3 is 2.66 bits per heavy atom. The van der Waals surface area contributed by atoms with Crippen LogP contribution in [0, 0.1) is 0 Å². The molecule has 156 valence electrons. The van der Waals surface area contributed by atoms with Gasteiger partial charge in [0.25, 0.3) is 5.91 Å². The fourth-order valence-corrected chi connectivity index (χ4v) is 3.37. The number of ether oxygens (including phenoxy) is 1. The van der Waals surface area contributed by atoms with Crippen LogP contribution in [0.2, 0.25) is 5.02 Å². The zero-order chi connectivity index (χ0) is 21.2. The molecule has 29 heavy (non-hydrogen) atoms. The van der Waals surface area contributed by atoms with Crippen LogP contribution in [0.3, 0.4) is 0 Å². The summed E-state index contributed by atoms with van der Waals surface area (Å²) >= 11 is 9.54. The van der Waals surface area contributed by atoms with Crippen LogP contribution in [-0.4, -0.2) is 35.9 Å². The lowest BCUT2D eigenvalue weighted by molar-refractivity contribution is -0.142. The molecule has 0 saturated carbocycles. The van der Waals surface area contributed by atoms with Gasteiger partial charge in [0.05, 0.1) is 5.02 Å². The number of hydrogen-bond acceptors (Lipinski definition) is 3. The average Bonchev–Trinajstić information content (AvgIpc) is 2.71. The maximum Gasteiger partial charge on any atom is 0.261 e. The third kappa shape index (κ3) is 7.37. The Morgan fingerprint density at radius 1 is 1.21 bits per heavy atom. The number of carbonyl (C=O) groups excluding carboxylic acids is 2. The van der Waals surface area contributed by atoms with Gasteiger partial charge in [-0.3, -0.25) is 9.59 Å². The zero-order valence-electron chi connectivity index (χ0n) is 16.7. The van der Waals surface area contributed by atoms with Crippen molar-refractivity contribution in [2.24, 2.45) is 0 Å². The monoisotopic (exact) mass is 480 g/mol. The minimum atomic E-state index is -0.631. The van der Waals surface area contributed by atoms with Gasteiger partial charge in [-0.1, -0.05) is 65.1 Å². The number of rotatable bonds is 10. The summed E-state index contributed by atoms with van der Waals surface area (Å²) in [6.45, 7) is 4.48. The summed E-state index contributed by atoms with van der Waals surface area (Å²) in [7, 11) is 0. The Hall–Kier alpha value is -2.05. The Kier molecular flexibility index (Phi) is 9.48. The second-order valence-electron chi connectivity index (χ2n) is 6.69. The first kappa shape index (κ1) is 23.2. The lowest BCUT2D eigenvalue weighted by Gasteiger charge is -2.29. The van der Waals surface area contributed by atoms with E-state index in [4.69, 9.17) is 16.3 Å². The van der Waals surface area contributed by atoms with Crippen LogP contribution >= 0.6 is 27.5 Å². The zero-order valence-corrected chi connectivity index (χ0v) is 19.0. The van der Waals surface area contributed by atoms with E-state index in [2.05, 4.69) is 28.2 Å². The molecule has 0 saturated heterocycles. The van der Waals surface area contributed by atoms with Crippen molar-refractivity contribution >= 4 is 39.3 Å². The minimum Gasteiger partial charge on any atom is -0.482 e. The maximum absolute atomic E-state index is 13.0. The fraction of sp³-hybridized carbons (Fsp3) is 0.364. The molecule has 5 nitrogen and oxygen atoms in total. The SMILES string of the molecule is CCCCNC(=O)C(C)N(Cc1cccc(Br)c1)C(=O)COc1ccccc1Cl. The summed E-state index contributed by atoms with van der Waals surface area (Å²) in [4.78, 5) is 27.1. The second-order valence-corrected chi connectivity index (χ2v) is 8.01. The van der Waals surface area contributed by atoms with E-state index in [0.717, 1.165) is 22.9 Å². The molecule has 0 bridgehead atoms. The highest BCUT2D eigenvalue weighted by molar-refractivity contribution is 9.10. The maximum atomic E-state index is 13.0. The van der Waals surface area contributed by atoms with E-state index < -0.39 is 6.04 Å². The largest absolute Gasteiger partial charge is 0.482 e. The van der Waals surface area contributed by atoms with Crippen molar-refractivity contribution in [2.75, 3.05) is 13.2 Å². The summed E-state index contributed by atoms with van der Waals surface area (Å²) in [6.07, 6.45) is 1.88. The second kappa shape index (κ2) is 11.8. The third-order valence-corrected chi connectivity index (χ3v) is 5.23. The normalized spacial score (nSPS) is 11.6. The van der Waals surface area contributed by atoms with Gasteiger partial charge in [0.15, 0.2) is 6.61 Å². The van der Waals surface area contributed by atoms with Crippen LogP contribution in [0.25, 0.3) is 0 Å². The molecule has 0 spiro atoms. The standard InChI is InChI=1S/C22H26BrClN2O3/c1-3-4-12-25-22(28)16(2)26(14-17-8-7-9-18(23)13-17)21(27)15-29-20-11-6-5-10-19(20)24/h5-11,13,16H,3-4,12,14-15H2,1-2H3,(H,25,28). The summed E-state index contributed by atoms with van der Waals surface area (Å²) < 4.78 is 6.52. The smallest absolute Gasteiger partial charge is 0.261 e. The molecule has 0 aromatic heterocycles. The Labute approximate surface area is 185 Å². The number of carbonyl (C=O) groups is 2. The van der Waals surface area contributed by atoms with Crippen LogP contribution in [0.15, 0.2) is 53.0 Å². The van der Waals surface area contributed by atoms with Crippen LogP contribution in [-0.2, 0) is 16.1 Å². The third-order valence-electron chi connectivity index (χ3n) is 4.43. The predicted molar refractivity (Wildman–Crippen MR) is 119 cm³/mol. The molecule has 2 amide bonds. The van der Waals surface area contributed by atoms with Crippen LogP contribution < -0.4 is 10.1 Å². The van der Waals surface area contributed by atoms with Gasteiger partial charge in [0, 0.05) is 17.6 Å². The topological polar surface area (TPSA) is 58.6 Å². The lowest BCUT2D eigenvalue weighted by Crippen LogP contribution is -2.49. The van der Waals surface area contributed by atoms with E-state index in [-0.39, 0.29) is 18.4 Å². The molecule has 0 radical (unpaired) electrons. The number of para-hydroxylation sites is 1. The van der Waals surface area contributed by atoms with Gasteiger partial charge >= 0.3 is 0 Å². The van der Waals surface area contributed by atoms with Crippen molar-refractivity contribution in [3.63, 3.8) is 0 Å². The summed E-state index contributed by atoms with van der Waals surface area (Å²) in [5.74, 6) is -0.0347. The van der Waals surface area contributed by atoms with Crippen LogP contribution in [0.1, 0.15) is 32.3 Å².